The number of fused-ring (bicyclic) bond motifs is 5. The number of rotatable bonds is 3. The van der Waals surface area contributed by atoms with Gasteiger partial charge < -0.3 is 8.98 Å². The SMILES string of the molecule is c1ccc2c(-c3nc(-c4ccc(-n5c6ccc7cccc8oc9cccc%10ccc5c(c%109)c6c78)c5ccccc45)nc4c3sc3ccccc34)cccc2c1. The summed E-state index contributed by atoms with van der Waals surface area (Å²) >= 11 is 1.77. The van der Waals surface area contributed by atoms with Gasteiger partial charge in [0.15, 0.2) is 5.82 Å². The van der Waals surface area contributed by atoms with Crippen molar-refractivity contribution >= 4 is 108 Å². The lowest BCUT2D eigenvalue weighted by Crippen LogP contribution is -1.99. The lowest BCUT2D eigenvalue weighted by Gasteiger charge is -2.15. The van der Waals surface area contributed by atoms with Crippen LogP contribution in [0.15, 0.2) is 168 Å². The van der Waals surface area contributed by atoms with Crippen LogP contribution in [0.2, 0.25) is 0 Å². The van der Waals surface area contributed by atoms with Gasteiger partial charge in [-0.05, 0) is 69.4 Å². The second-order valence-corrected chi connectivity index (χ2v) is 15.5. The van der Waals surface area contributed by atoms with Gasteiger partial charge >= 0.3 is 0 Å². The Kier molecular flexibility index (Phi) is 5.74. The van der Waals surface area contributed by atoms with Crippen molar-refractivity contribution in [2.45, 2.75) is 0 Å². The van der Waals surface area contributed by atoms with Gasteiger partial charge in [-0.15, -0.1) is 11.3 Å². The van der Waals surface area contributed by atoms with E-state index in [1.54, 1.807) is 11.3 Å². The summed E-state index contributed by atoms with van der Waals surface area (Å²) in [6, 6.07) is 58.6. The maximum atomic E-state index is 6.69. The summed E-state index contributed by atoms with van der Waals surface area (Å²) in [6.45, 7) is 0. The first-order chi connectivity index (χ1) is 27.3. The molecule has 0 unspecified atom stereocenters. The van der Waals surface area contributed by atoms with E-state index in [-0.39, 0.29) is 0 Å². The monoisotopic (exact) mass is 717 g/mol. The van der Waals surface area contributed by atoms with Gasteiger partial charge in [0.1, 0.15) is 11.2 Å². The zero-order valence-electron chi connectivity index (χ0n) is 29.2. The van der Waals surface area contributed by atoms with Crippen molar-refractivity contribution in [1.82, 2.24) is 14.5 Å². The molecule has 254 valence electrons. The van der Waals surface area contributed by atoms with Gasteiger partial charge in [0, 0.05) is 48.1 Å². The number of nitrogens with zero attached hydrogens (tertiary/aromatic N) is 3. The Bertz CT molecular complexity index is 3630. The van der Waals surface area contributed by atoms with Gasteiger partial charge in [0.2, 0.25) is 0 Å². The Labute approximate surface area is 317 Å². The molecular formula is C50H27N3OS. The van der Waals surface area contributed by atoms with Crippen molar-refractivity contribution in [2.75, 3.05) is 0 Å². The van der Waals surface area contributed by atoms with E-state index in [0.717, 1.165) is 87.7 Å². The van der Waals surface area contributed by atoms with E-state index in [4.69, 9.17) is 14.4 Å². The average molecular weight is 718 g/mol. The third-order valence-electron chi connectivity index (χ3n) is 11.6. The van der Waals surface area contributed by atoms with Crippen molar-refractivity contribution in [3.63, 3.8) is 0 Å². The van der Waals surface area contributed by atoms with Crippen LogP contribution in [0.1, 0.15) is 0 Å². The fourth-order valence-corrected chi connectivity index (χ4v) is 10.4. The summed E-state index contributed by atoms with van der Waals surface area (Å²) in [5, 5.41) is 12.9. The van der Waals surface area contributed by atoms with Crippen LogP contribution in [0.25, 0.3) is 125 Å². The van der Waals surface area contributed by atoms with Gasteiger partial charge in [-0.3, -0.25) is 0 Å². The van der Waals surface area contributed by atoms with Gasteiger partial charge in [-0.2, -0.15) is 0 Å². The van der Waals surface area contributed by atoms with E-state index in [1.807, 2.05) is 0 Å². The van der Waals surface area contributed by atoms with Crippen LogP contribution in [-0.2, 0) is 0 Å². The van der Waals surface area contributed by atoms with Crippen LogP contribution in [0, 0.1) is 0 Å². The van der Waals surface area contributed by atoms with E-state index in [0.29, 0.717) is 0 Å². The molecule has 0 amide bonds. The topological polar surface area (TPSA) is 43.9 Å². The van der Waals surface area contributed by atoms with Crippen LogP contribution >= 0.6 is 11.3 Å². The van der Waals surface area contributed by atoms with E-state index >= 15 is 0 Å². The van der Waals surface area contributed by atoms with Crippen LogP contribution in [-0.4, -0.2) is 14.5 Å². The molecule has 55 heavy (non-hydrogen) atoms. The van der Waals surface area contributed by atoms with Crippen molar-refractivity contribution in [2.24, 2.45) is 0 Å². The largest absolute Gasteiger partial charge is 0.456 e. The van der Waals surface area contributed by atoms with Gasteiger partial charge in [-0.25, -0.2) is 9.97 Å². The molecule has 13 aromatic rings. The summed E-state index contributed by atoms with van der Waals surface area (Å²) in [7, 11) is 0. The number of thiophene rings is 1. The Morgan fingerprint density at radius 1 is 0.436 bits per heavy atom. The summed E-state index contributed by atoms with van der Waals surface area (Å²) in [5.74, 6) is 0.724. The molecule has 0 radical (unpaired) electrons. The van der Waals surface area contributed by atoms with Crippen molar-refractivity contribution < 1.29 is 4.42 Å². The molecular weight excluding hydrogens is 691 g/mol. The lowest BCUT2D eigenvalue weighted by molar-refractivity contribution is 0.664. The first-order valence-electron chi connectivity index (χ1n) is 18.6. The Morgan fingerprint density at radius 3 is 1.82 bits per heavy atom. The normalized spacial score (nSPS) is 12.4. The van der Waals surface area contributed by atoms with Gasteiger partial charge in [0.25, 0.3) is 0 Å². The smallest absolute Gasteiger partial charge is 0.161 e. The molecule has 0 N–H and O–H groups in total. The van der Waals surface area contributed by atoms with Crippen LogP contribution < -0.4 is 0 Å². The van der Waals surface area contributed by atoms with Gasteiger partial charge in [-0.1, -0.05) is 121 Å². The second-order valence-electron chi connectivity index (χ2n) is 14.4. The molecule has 0 spiro atoms. The molecule has 4 aromatic heterocycles. The highest BCUT2D eigenvalue weighted by Crippen LogP contribution is 2.47. The maximum Gasteiger partial charge on any atom is 0.161 e. The fraction of sp³-hybridized carbons (Fsp3) is 0. The molecule has 4 heterocycles. The zero-order chi connectivity index (χ0) is 35.8. The molecule has 0 atom stereocenters. The van der Waals surface area contributed by atoms with Crippen molar-refractivity contribution in [3.8, 4) is 28.3 Å². The standard InChI is InChI=1S/C50H27N3OS/c1-2-14-31-28(10-1)11-7-18-34(31)47-49-48(36-17-5-6-21-42(36)55-49)52-50(51-47)35-24-27-37(33-16-4-3-15-32(33)35)53-38-25-22-29-12-8-19-40-43(29)45(38)46-39(53)26-23-30-13-9-20-41(54-40)44(30)46/h1-27H. The highest BCUT2D eigenvalue weighted by atomic mass is 32.1. The van der Waals surface area contributed by atoms with E-state index in [1.165, 1.54) is 37.0 Å². The summed E-state index contributed by atoms with van der Waals surface area (Å²) in [5.41, 5.74) is 9.29. The third kappa shape index (κ3) is 3.94. The molecule has 0 aliphatic rings. The summed E-state index contributed by atoms with van der Waals surface area (Å²) < 4.78 is 11.5. The quantitative estimate of drug-likeness (QED) is 0.183. The molecule has 0 aliphatic carbocycles. The minimum atomic E-state index is 0.724. The highest BCUT2D eigenvalue weighted by Gasteiger charge is 2.24. The molecule has 0 fully saturated rings. The highest BCUT2D eigenvalue weighted by molar-refractivity contribution is 7.26. The first-order valence-corrected chi connectivity index (χ1v) is 19.4. The van der Waals surface area contributed by atoms with E-state index < -0.39 is 0 Å². The van der Waals surface area contributed by atoms with Crippen molar-refractivity contribution in [1.29, 1.82) is 0 Å². The summed E-state index contributed by atoms with van der Waals surface area (Å²) in [6.07, 6.45) is 0. The van der Waals surface area contributed by atoms with Crippen LogP contribution in [0.5, 0.6) is 0 Å². The minimum Gasteiger partial charge on any atom is -0.456 e. The molecule has 5 heteroatoms. The number of aromatic nitrogens is 3. The molecule has 9 aromatic carbocycles. The first kappa shape index (κ1) is 29.4. The zero-order valence-corrected chi connectivity index (χ0v) is 30.1. The van der Waals surface area contributed by atoms with Gasteiger partial charge in [0.05, 0.1) is 32.6 Å². The van der Waals surface area contributed by atoms with Crippen LogP contribution in [0.3, 0.4) is 0 Å². The number of hydrogen-bond donors (Lipinski definition) is 0. The molecule has 13 rings (SSSR count). The second kappa shape index (κ2) is 10.8. The Hall–Kier alpha value is -7.08. The van der Waals surface area contributed by atoms with Crippen molar-refractivity contribution in [3.05, 3.63) is 164 Å². The molecule has 0 aliphatic heterocycles. The Morgan fingerprint density at radius 2 is 1.05 bits per heavy atom. The predicted molar refractivity (Wildman–Crippen MR) is 231 cm³/mol. The molecule has 0 saturated carbocycles. The fourth-order valence-electron chi connectivity index (χ4n) is 9.22. The lowest BCUT2D eigenvalue weighted by atomic mass is 9.99. The maximum absolute atomic E-state index is 6.69. The average Bonchev–Trinajstić information content (AvgIpc) is 3.74. The van der Waals surface area contributed by atoms with Crippen LogP contribution in [0.4, 0.5) is 0 Å². The minimum absolute atomic E-state index is 0.724. The van der Waals surface area contributed by atoms with E-state index in [9.17, 15) is 0 Å². The third-order valence-corrected chi connectivity index (χ3v) is 12.7. The summed E-state index contributed by atoms with van der Waals surface area (Å²) in [4.78, 5) is 10.9. The predicted octanol–water partition coefficient (Wildman–Crippen LogP) is 14.1. The molecule has 0 bridgehead atoms. The molecule has 0 saturated heterocycles. The molecule has 4 nitrogen and oxygen atoms in total. The Balaban J connectivity index is 1.13. The van der Waals surface area contributed by atoms with E-state index in [2.05, 4.69) is 168 Å². The number of benzene rings is 9. The number of hydrogen-bond acceptors (Lipinski definition) is 4.